The molecular weight excluding hydrogens is 423 g/mol. The summed E-state index contributed by atoms with van der Waals surface area (Å²) in [5, 5.41) is 26.8. The Bertz CT molecular complexity index is 1100. The molecule has 1 saturated carbocycles. The zero-order valence-electron chi connectivity index (χ0n) is 19.5. The average Bonchev–Trinajstić information content (AvgIpc) is 3.22. The third-order valence-corrected chi connectivity index (χ3v) is 6.65. The van der Waals surface area contributed by atoms with Crippen molar-refractivity contribution < 1.29 is 14.6 Å². The molecule has 4 N–H and O–H groups in total. The van der Waals surface area contributed by atoms with Crippen molar-refractivity contribution >= 4 is 22.9 Å². The predicted molar refractivity (Wildman–Crippen MR) is 127 cm³/mol. The van der Waals surface area contributed by atoms with Gasteiger partial charge in [-0.1, -0.05) is 26.2 Å². The number of halogens is 1. The van der Waals surface area contributed by atoms with Crippen LogP contribution in [-0.4, -0.2) is 41.9 Å². The fourth-order valence-electron chi connectivity index (χ4n) is 4.11. The maximum atomic E-state index is 13.7. The number of rotatable bonds is 8. The summed E-state index contributed by atoms with van der Waals surface area (Å²) in [6.45, 7) is 6.20. The minimum absolute atomic E-state index is 0.0132. The molecule has 1 atom stereocenters. The van der Waals surface area contributed by atoms with Gasteiger partial charge in [-0.25, -0.2) is 9.37 Å². The van der Waals surface area contributed by atoms with Gasteiger partial charge in [0.05, 0.1) is 11.9 Å². The SMILES string of the molecule is CC(CNc1nc(NCc2cc(F)ccc2O)c2ncn(C3CCCCC3)c2n1)C(C)(C)O. The van der Waals surface area contributed by atoms with Crippen molar-refractivity contribution in [2.24, 2.45) is 5.92 Å². The fourth-order valence-corrected chi connectivity index (χ4v) is 4.11. The first-order valence-electron chi connectivity index (χ1n) is 11.6. The molecule has 0 aliphatic heterocycles. The van der Waals surface area contributed by atoms with E-state index in [9.17, 15) is 14.6 Å². The van der Waals surface area contributed by atoms with Gasteiger partial charge in [0.25, 0.3) is 0 Å². The normalized spacial score (nSPS) is 16.2. The number of benzene rings is 1. The largest absolute Gasteiger partial charge is 0.508 e. The van der Waals surface area contributed by atoms with Crippen molar-refractivity contribution in [3.8, 4) is 5.75 Å². The van der Waals surface area contributed by atoms with Gasteiger partial charge in [-0.2, -0.15) is 9.97 Å². The molecular formula is C24H33FN6O2. The second-order valence-corrected chi connectivity index (χ2v) is 9.57. The van der Waals surface area contributed by atoms with E-state index in [0.717, 1.165) is 18.5 Å². The van der Waals surface area contributed by atoms with Crippen LogP contribution in [0.4, 0.5) is 16.2 Å². The molecule has 0 radical (unpaired) electrons. The smallest absolute Gasteiger partial charge is 0.226 e. The third-order valence-electron chi connectivity index (χ3n) is 6.65. The molecule has 0 amide bonds. The molecule has 1 aliphatic rings. The number of hydrogen-bond acceptors (Lipinski definition) is 7. The first-order valence-corrected chi connectivity index (χ1v) is 11.6. The van der Waals surface area contributed by atoms with Gasteiger partial charge in [-0.3, -0.25) is 0 Å². The van der Waals surface area contributed by atoms with Crippen LogP contribution in [0.3, 0.4) is 0 Å². The van der Waals surface area contributed by atoms with E-state index in [1.807, 2.05) is 13.3 Å². The molecule has 1 fully saturated rings. The van der Waals surface area contributed by atoms with Crippen LogP contribution in [-0.2, 0) is 6.54 Å². The number of hydrogen-bond donors (Lipinski definition) is 4. The second kappa shape index (κ2) is 9.51. The Morgan fingerprint density at radius 3 is 2.67 bits per heavy atom. The lowest BCUT2D eigenvalue weighted by atomic mass is 9.93. The molecule has 0 bridgehead atoms. The van der Waals surface area contributed by atoms with Crippen LogP contribution in [0.25, 0.3) is 11.2 Å². The fraction of sp³-hybridized carbons (Fsp3) is 0.542. The highest BCUT2D eigenvalue weighted by molar-refractivity contribution is 5.84. The molecule has 33 heavy (non-hydrogen) atoms. The number of phenolic OH excluding ortho intramolecular Hbond substituents is 1. The first kappa shape index (κ1) is 23.2. The molecule has 1 aliphatic carbocycles. The monoisotopic (exact) mass is 456 g/mol. The van der Waals surface area contributed by atoms with Gasteiger partial charge in [0.1, 0.15) is 11.6 Å². The Kier molecular flexibility index (Phi) is 6.69. The van der Waals surface area contributed by atoms with Crippen LogP contribution >= 0.6 is 0 Å². The van der Waals surface area contributed by atoms with Crippen LogP contribution in [0.5, 0.6) is 5.75 Å². The lowest BCUT2D eigenvalue weighted by Gasteiger charge is -2.26. The number of imidazole rings is 1. The molecule has 2 heterocycles. The molecule has 1 unspecified atom stereocenters. The number of anilines is 2. The lowest BCUT2D eigenvalue weighted by Crippen LogP contribution is -2.33. The van der Waals surface area contributed by atoms with Crippen molar-refractivity contribution in [1.29, 1.82) is 0 Å². The van der Waals surface area contributed by atoms with Crippen molar-refractivity contribution in [3.63, 3.8) is 0 Å². The Hall–Kier alpha value is -2.94. The van der Waals surface area contributed by atoms with E-state index < -0.39 is 11.4 Å². The summed E-state index contributed by atoms with van der Waals surface area (Å²) >= 11 is 0. The average molecular weight is 457 g/mol. The first-order chi connectivity index (χ1) is 15.7. The number of nitrogens with zero attached hydrogens (tertiary/aromatic N) is 4. The summed E-state index contributed by atoms with van der Waals surface area (Å²) in [6, 6.07) is 4.21. The zero-order valence-corrected chi connectivity index (χ0v) is 19.5. The van der Waals surface area contributed by atoms with Gasteiger partial charge in [-0.05, 0) is 44.9 Å². The van der Waals surface area contributed by atoms with E-state index in [2.05, 4.69) is 25.2 Å². The molecule has 0 spiro atoms. The van der Waals surface area contributed by atoms with Crippen LogP contribution in [0.15, 0.2) is 24.5 Å². The molecule has 178 valence electrons. The zero-order chi connectivity index (χ0) is 23.6. The topological polar surface area (TPSA) is 108 Å². The number of aromatic nitrogens is 4. The molecule has 4 rings (SSSR count). The maximum Gasteiger partial charge on any atom is 0.226 e. The van der Waals surface area contributed by atoms with E-state index in [4.69, 9.17) is 4.98 Å². The van der Waals surface area contributed by atoms with Gasteiger partial charge >= 0.3 is 0 Å². The molecule has 9 heteroatoms. The van der Waals surface area contributed by atoms with Crippen molar-refractivity contribution in [1.82, 2.24) is 19.5 Å². The van der Waals surface area contributed by atoms with E-state index in [-0.39, 0.29) is 18.2 Å². The van der Waals surface area contributed by atoms with E-state index in [1.54, 1.807) is 13.8 Å². The van der Waals surface area contributed by atoms with E-state index in [1.165, 1.54) is 37.5 Å². The molecule has 8 nitrogen and oxygen atoms in total. The van der Waals surface area contributed by atoms with E-state index in [0.29, 0.717) is 35.4 Å². The predicted octanol–water partition coefficient (Wildman–Crippen LogP) is 4.61. The molecule has 3 aromatic rings. The summed E-state index contributed by atoms with van der Waals surface area (Å²) in [6.07, 6.45) is 7.63. The number of nitrogens with one attached hydrogen (secondary N) is 2. The summed E-state index contributed by atoms with van der Waals surface area (Å²) in [5.74, 6) is 0.515. The van der Waals surface area contributed by atoms with Crippen LogP contribution in [0.2, 0.25) is 0 Å². The van der Waals surface area contributed by atoms with Crippen molar-refractivity contribution in [3.05, 3.63) is 35.9 Å². The van der Waals surface area contributed by atoms with Gasteiger partial charge in [0, 0.05) is 30.6 Å². The Morgan fingerprint density at radius 1 is 1.18 bits per heavy atom. The van der Waals surface area contributed by atoms with Crippen LogP contribution < -0.4 is 10.6 Å². The van der Waals surface area contributed by atoms with Gasteiger partial charge in [-0.15, -0.1) is 0 Å². The summed E-state index contributed by atoms with van der Waals surface area (Å²) in [7, 11) is 0. The molecule has 2 aromatic heterocycles. The van der Waals surface area contributed by atoms with Crippen molar-refractivity contribution in [2.45, 2.75) is 71.1 Å². The highest BCUT2D eigenvalue weighted by atomic mass is 19.1. The molecule has 1 aromatic carbocycles. The maximum absolute atomic E-state index is 13.7. The van der Waals surface area contributed by atoms with Crippen LogP contribution in [0, 0.1) is 11.7 Å². The Labute approximate surface area is 193 Å². The Morgan fingerprint density at radius 2 is 1.94 bits per heavy atom. The highest BCUT2D eigenvalue weighted by Gasteiger charge is 2.24. The third kappa shape index (κ3) is 5.35. The Balaban J connectivity index is 1.65. The van der Waals surface area contributed by atoms with E-state index >= 15 is 0 Å². The number of aliphatic hydroxyl groups is 1. The highest BCUT2D eigenvalue weighted by Crippen LogP contribution is 2.32. The van der Waals surface area contributed by atoms with Gasteiger partial charge < -0.3 is 25.4 Å². The summed E-state index contributed by atoms with van der Waals surface area (Å²) < 4.78 is 15.8. The minimum Gasteiger partial charge on any atom is -0.508 e. The standard InChI is InChI=1S/C24H33FN6O2/c1-15(24(2,3)33)12-27-23-29-21(26-13-16-11-17(25)9-10-19(16)32)20-22(30-23)31(14-28-20)18-7-5-4-6-8-18/h9-11,14-15,18,32-33H,4-8,12-13H2,1-3H3,(H2,26,27,29,30). The molecule has 0 saturated heterocycles. The van der Waals surface area contributed by atoms with Crippen LogP contribution in [0.1, 0.15) is 64.5 Å². The second-order valence-electron chi connectivity index (χ2n) is 9.57. The number of aromatic hydroxyl groups is 1. The summed E-state index contributed by atoms with van der Waals surface area (Å²) in [5.41, 5.74) is 0.967. The number of phenols is 1. The lowest BCUT2D eigenvalue weighted by molar-refractivity contribution is 0.0303. The van der Waals surface area contributed by atoms with Gasteiger partial charge in [0.2, 0.25) is 5.95 Å². The van der Waals surface area contributed by atoms with Crippen molar-refractivity contribution in [2.75, 3.05) is 17.2 Å². The van der Waals surface area contributed by atoms with Gasteiger partial charge in [0.15, 0.2) is 17.0 Å². The number of fused-ring (bicyclic) bond motifs is 1. The minimum atomic E-state index is -0.836. The summed E-state index contributed by atoms with van der Waals surface area (Å²) in [4.78, 5) is 14.0. The quantitative estimate of drug-likeness (QED) is 0.392.